The molecule has 1 aliphatic rings. The molecule has 7 nitrogen and oxygen atoms in total. The first-order chi connectivity index (χ1) is 12.6. The maximum absolute atomic E-state index is 14.2. The van der Waals surface area contributed by atoms with Crippen LogP contribution in [0, 0.1) is 11.7 Å². The highest BCUT2D eigenvalue weighted by atomic mass is 19.1. The van der Waals surface area contributed by atoms with Crippen molar-refractivity contribution in [3.8, 4) is 5.75 Å². The number of urea groups is 1. The summed E-state index contributed by atoms with van der Waals surface area (Å²) in [6.07, 6.45) is 1.44. The third-order valence-electron chi connectivity index (χ3n) is 4.38. The van der Waals surface area contributed by atoms with Gasteiger partial charge in [0.25, 0.3) is 0 Å². The molecule has 26 heavy (non-hydrogen) atoms. The van der Waals surface area contributed by atoms with E-state index in [1.165, 1.54) is 12.3 Å². The largest absolute Gasteiger partial charge is 0.484 e. The van der Waals surface area contributed by atoms with Crippen LogP contribution in [-0.2, 0) is 13.2 Å². The van der Waals surface area contributed by atoms with Crippen molar-refractivity contribution in [3.63, 3.8) is 0 Å². The Kier molecular flexibility index (Phi) is 4.24. The summed E-state index contributed by atoms with van der Waals surface area (Å²) in [5.41, 5.74) is 2.12. The molecule has 0 aliphatic carbocycles. The average molecular weight is 358 g/mol. The zero-order valence-electron chi connectivity index (χ0n) is 14.3. The zero-order valence-corrected chi connectivity index (χ0v) is 14.3. The maximum atomic E-state index is 14.2. The Morgan fingerprint density at radius 3 is 3.04 bits per heavy atom. The molecule has 0 radical (unpaired) electrons. The summed E-state index contributed by atoms with van der Waals surface area (Å²) in [6.45, 7) is 4.16. The molecule has 1 fully saturated rings. The summed E-state index contributed by atoms with van der Waals surface area (Å²) < 4.78 is 24.4. The molecule has 0 bridgehead atoms. The van der Waals surface area contributed by atoms with E-state index in [4.69, 9.17) is 9.26 Å². The second-order valence-corrected chi connectivity index (χ2v) is 6.61. The first-order valence-electron chi connectivity index (χ1n) is 8.44. The Labute approximate surface area is 149 Å². The lowest BCUT2D eigenvalue weighted by atomic mass is 10.0. The molecule has 3 heterocycles. The summed E-state index contributed by atoms with van der Waals surface area (Å²) in [4.78, 5) is 16.9. The number of hydrogen-bond donors (Lipinski definition) is 2. The Morgan fingerprint density at radius 2 is 2.31 bits per heavy atom. The lowest BCUT2D eigenvalue weighted by molar-refractivity contribution is 0.129. The second kappa shape index (κ2) is 6.70. The number of aromatic nitrogens is 2. The number of nitrogens with zero attached hydrogens (tertiary/aromatic N) is 2. The van der Waals surface area contributed by atoms with Crippen molar-refractivity contribution in [2.24, 2.45) is 5.92 Å². The average Bonchev–Trinajstić information content (AvgIpc) is 3.23. The number of nitrogens with one attached hydrogen (secondary N) is 2. The van der Waals surface area contributed by atoms with Crippen LogP contribution in [0.25, 0.3) is 10.9 Å². The first-order valence-corrected chi connectivity index (χ1v) is 8.44. The van der Waals surface area contributed by atoms with Crippen LogP contribution in [0.5, 0.6) is 5.75 Å². The van der Waals surface area contributed by atoms with Crippen molar-refractivity contribution in [1.82, 2.24) is 20.4 Å². The lowest BCUT2D eigenvalue weighted by Crippen LogP contribution is -2.52. The molecular weight excluding hydrogens is 339 g/mol. The monoisotopic (exact) mass is 358 g/mol. The normalized spacial score (nSPS) is 14.5. The molecule has 0 saturated carbocycles. The summed E-state index contributed by atoms with van der Waals surface area (Å²) >= 11 is 0. The smallest absolute Gasteiger partial charge is 0.317 e. The van der Waals surface area contributed by atoms with Gasteiger partial charge in [0.2, 0.25) is 0 Å². The molecule has 1 aliphatic heterocycles. The number of fused-ring (bicyclic) bond motifs is 1. The predicted molar refractivity (Wildman–Crippen MR) is 92.1 cm³/mol. The van der Waals surface area contributed by atoms with Gasteiger partial charge in [-0.25, -0.2) is 9.18 Å². The lowest BCUT2D eigenvalue weighted by Gasteiger charge is -2.36. The van der Waals surface area contributed by atoms with Crippen molar-refractivity contribution in [1.29, 1.82) is 0 Å². The minimum absolute atomic E-state index is 0.0791. The van der Waals surface area contributed by atoms with E-state index >= 15 is 0 Å². The number of ether oxygens (including phenoxy) is 1. The number of hydrogen-bond acceptors (Lipinski definition) is 4. The van der Waals surface area contributed by atoms with Gasteiger partial charge in [0.1, 0.15) is 18.6 Å². The van der Waals surface area contributed by atoms with E-state index < -0.39 is 5.82 Å². The van der Waals surface area contributed by atoms with Crippen LogP contribution < -0.4 is 10.1 Å². The summed E-state index contributed by atoms with van der Waals surface area (Å²) in [5.74, 6) is 0.241. The Morgan fingerprint density at radius 1 is 1.46 bits per heavy atom. The van der Waals surface area contributed by atoms with Crippen LogP contribution in [0.2, 0.25) is 0 Å². The van der Waals surface area contributed by atoms with E-state index in [0.29, 0.717) is 18.2 Å². The summed E-state index contributed by atoms with van der Waals surface area (Å²) in [6, 6.07) is 6.41. The fraction of sp³-hybridized carbons (Fsp3) is 0.333. The van der Waals surface area contributed by atoms with Gasteiger partial charge in [0, 0.05) is 41.8 Å². The minimum Gasteiger partial charge on any atom is -0.484 e. The van der Waals surface area contributed by atoms with Crippen molar-refractivity contribution in [2.75, 3.05) is 13.1 Å². The number of amides is 2. The first kappa shape index (κ1) is 16.4. The van der Waals surface area contributed by atoms with E-state index in [-0.39, 0.29) is 18.4 Å². The van der Waals surface area contributed by atoms with Gasteiger partial charge in [-0.2, -0.15) is 0 Å². The number of H-pyrrole nitrogens is 1. The SMILES string of the molecule is CC1CN(C(=O)NCc2cc3cc(F)c(OCc4ccon4)cc3[nH]2)C1. The number of carbonyl (C=O) groups excluding carboxylic acids is 1. The molecule has 0 unspecified atom stereocenters. The van der Waals surface area contributed by atoms with E-state index in [1.54, 1.807) is 17.0 Å². The number of likely N-dealkylation sites (tertiary alicyclic amines) is 1. The van der Waals surface area contributed by atoms with Gasteiger partial charge < -0.3 is 24.5 Å². The van der Waals surface area contributed by atoms with Crippen LogP contribution in [0.1, 0.15) is 18.3 Å². The van der Waals surface area contributed by atoms with Crippen LogP contribution in [0.15, 0.2) is 35.1 Å². The summed E-state index contributed by atoms with van der Waals surface area (Å²) in [5, 5.41) is 7.31. The Bertz CT molecular complexity index is 916. The molecule has 1 saturated heterocycles. The van der Waals surface area contributed by atoms with Crippen LogP contribution in [-0.4, -0.2) is 34.2 Å². The Hall–Kier alpha value is -3.03. The third-order valence-corrected chi connectivity index (χ3v) is 4.38. The van der Waals surface area contributed by atoms with Gasteiger partial charge in [0.15, 0.2) is 11.6 Å². The van der Waals surface area contributed by atoms with Crippen molar-refractivity contribution < 1.29 is 18.4 Å². The molecule has 2 aromatic heterocycles. The number of benzene rings is 1. The highest BCUT2D eigenvalue weighted by molar-refractivity contribution is 5.82. The van der Waals surface area contributed by atoms with Gasteiger partial charge >= 0.3 is 6.03 Å². The number of rotatable bonds is 5. The third kappa shape index (κ3) is 3.35. The molecule has 136 valence electrons. The minimum atomic E-state index is -0.454. The highest BCUT2D eigenvalue weighted by Gasteiger charge is 2.26. The molecule has 0 spiro atoms. The van der Waals surface area contributed by atoms with Gasteiger partial charge in [-0.15, -0.1) is 0 Å². The van der Waals surface area contributed by atoms with Crippen LogP contribution in [0.3, 0.4) is 0 Å². The van der Waals surface area contributed by atoms with E-state index in [1.807, 2.05) is 6.07 Å². The van der Waals surface area contributed by atoms with Crippen molar-refractivity contribution >= 4 is 16.9 Å². The number of halogens is 1. The molecule has 2 amide bonds. The van der Waals surface area contributed by atoms with Crippen molar-refractivity contribution in [3.05, 3.63) is 47.7 Å². The van der Waals surface area contributed by atoms with E-state index in [2.05, 4.69) is 22.4 Å². The zero-order chi connectivity index (χ0) is 18.1. The van der Waals surface area contributed by atoms with Gasteiger partial charge in [-0.05, 0) is 18.1 Å². The predicted octanol–water partition coefficient (Wildman–Crippen LogP) is 3.04. The quantitative estimate of drug-likeness (QED) is 0.734. The fourth-order valence-electron chi connectivity index (χ4n) is 3.01. The molecule has 4 rings (SSSR count). The van der Waals surface area contributed by atoms with Gasteiger partial charge in [-0.1, -0.05) is 12.1 Å². The highest BCUT2D eigenvalue weighted by Crippen LogP contribution is 2.26. The van der Waals surface area contributed by atoms with Crippen LogP contribution in [0.4, 0.5) is 9.18 Å². The Balaban J connectivity index is 1.42. The molecular formula is C18H19FN4O3. The molecule has 8 heteroatoms. The number of aromatic amines is 1. The van der Waals surface area contributed by atoms with E-state index in [9.17, 15) is 9.18 Å². The van der Waals surface area contributed by atoms with E-state index in [0.717, 1.165) is 29.7 Å². The number of carbonyl (C=O) groups is 1. The molecule has 0 atom stereocenters. The maximum Gasteiger partial charge on any atom is 0.317 e. The standard InChI is InChI=1S/C18H19FN4O3/c1-11-8-23(9-11)18(24)20-7-14-4-12-5-15(19)17(6-16(12)21-14)25-10-13-2-3-26-22-13/h2-6,11,21H,7-10H2,1H3,(H,20,24). The van der Waals surface area contributed by atoms with Crippen molar-refractivity contribution in [2.45, 2.75) is 20.1 Å². The molecule has 3 aromatic rings. The summed E-state index contributed by atoms with van der Waals surface area (Å²) in [7, 11) is 0. The van der Waals surface area contributed by atoms with Crippen LogP contribution >= 0.6 is 0 Å². The fourth-order valence-corrected chi connectivity index (χ4v) is 3.01. The second-order valence-electron chi connectivity index (χ2n) is 6.61. The molecule has 2 N–H and O–H groups in total. The molecule has 1 aromatic carbocycles. The van der Waals surface area contributed by atoms with Gasteiger partial charge in [-0.3, -0.25) is 0 Å². The van der Waals surface area contributed by atoms with Gasteiger partial charge in [0.05, 0.1) is 6.54 Å². The topological polar surface area (TPSA) is 83.4 Å².